The Morgan fingerprint density at radius 2 is 1.81 bits per heavy atom. The van der Waals surface area contributed by atoms with Gasteiger partial charge in [0.05, 0.1) is 11.6 Å². The lowest BCUT2D eigenvalue weighted by Gasteiger charge is -2.27. The maximum Gasteiger partial charge on any atom is 0.0722 e. The summed E-state index contributed by atoms with van der Waals surface area (Å²) in [6.07, 6.45) is 5.52. The Kier molecular flexibility index (Phi) is 3.07. The summed E-state index contributed by atoms with van der Waals surface area (Å²) in [6.45, 7) is 0. The van der Waals surface area contributed by atoms with Crippen LogP contribution in [-0.4, -0.2) is 4.98 Å². The average Bonchev–Trinajstić information content (AvgIpc) is 2.56. The molecule has 21 heavy (non-hydrogen) atoms. The van der Waals surface area contributed by atoms with Gasteiger partial charge in [0.25, 0.3) is 0 Å². The van der Waals surface area contributed by atoms with Crippen molar-refractivity contribution in [1.29, 1.82) is 0 Å². The number of benzene rings is 2. The number of aryl methyl sites for hydroxylation is 1. The first-order valence-electron chi connectivity index (χ1n) is 7.60. The Balaban J connectivity index is 1.73. The highest BCUT2D eigenvalue weighted by molar-refractivity contribution is 5.91. The first kappa shape index (κ1) is 12.4. The van der Waals surface area contributed by atoms with Crippen LogP contribution in [0, 0.1) is 0 Å². The van der Waals surface area contributed by atoms with Gasteiger partial charge in [0.2, 0.25) is 0 Å². The minimum Gasteiger partial charge on any atom is -0.378 e. The lowest BCUT2D eigenvalue weighted by atomic mass is 9.87. The zero-order chi connectivity index (χ0) is 14.1. The molecule has 1 unspecified atom stereocenters. The summed E-state index contributed by atoms with van der Waals surface area (Å²) in [6, 6.07) is 19.6. The Morgan fingerprint density at radius 3 is 2.81 bits per heavy atom. The summed E-state index contributed by atoms with van der Waals surface area (Å²) < 4.78 is 0. The number of nitrogens with one attached hydrogen (secondary N) is 1. The van der Waals surface area contributed by atoms with Gasteiger partial charge < -0.3 is 5.32 Å². The first-order valence-corrected chi connectivity index (χ1v) is 7.60. The van der Waals surface area contributed by atoms with Crippen molar-refractivity contribution in [3.63, 3.8) is 0 Å². The summed E-state index contributed by atoms with van der Waals surface area (Å²) in [7, 11) is 0. The molecule has 0 aliphatic heterocycles. The standard InChI is InChI=1S/C19H18N2/c1-2-8-15-14(6-1)7-5-11-18(15)21-19-12-13-20-17-10-4-3-9-16(17)19/h1-4,6,8-10,12-13,18H,5,7,11H2,(H,20,21). The van der Waals surface area contributed by atoms with E-state index in [0.717, 1.165) is 5.52 Å². The summed E-state index contributed by atoms with van der Waals surface area (Å²) >= 11 is 0. The number of pyridine rings is 1. The minimum absolute atomic E-state index is 0.403. The third-order valence-electron chi connectivity index (χ3n) is 4.35. The molecule has 2 nitrogen and oxygen atoms in total. The van der Waals surface area contributed by atoms with Crippen LogP contribution in [0.1, 0.15) is 30.0 Å². The van der Waals surface area contributed by atoms with Gasteiger partial charge in [-0.25, -0.2) is 0 Å². The third-order valence-corrected chi connectivity index (χ3v) is 4.35. The third kappa shape index (κ3) is 2.27. The van der Waals surface area contributed by atoms with Crippen LogP contribution in [0.3, 0.4) is 0 Å². The van der Waals surface area contributed by atoms with Crippen LogP contribution in [0.15, 0.2) is 60.8 Å². The molecule has 0 saturated heterocycles. The smallest absolute Gasteiger partial charge is 0.0722 e. The van der Waals surface area contributed by atoms with Gasteiger partial charge >= 0.3 is 0 Å². The zero-order valence-electron chi connectivity index (χ0n) is 11.9. The van der Waals surface area contributed by atoms with Gasteiger partial charge in [-0.2, -0.15) is 0 Å². The number of rotatable bonds is 2. The number of nitrogens with zero attached hydrogens (tertiary/aromatic N) is 1. The van der Waals surface area contributed by atoms with Gasteiger partial charge in [0.1, 0.15) is 0 Å². The molecule has 0 spiro atoms. The molecule has 1 aliphatic rings. The molecule has 3 aromatic rings. The molecule has 0 radical (unpaired) electrons. The van der Waals surface area contributed by atoms with Gasteiger partial charge in [-0.3, -0.25) is 4.98 Å². The molecule has 2 aromatic carbocycles. The summed E-state index contributed by atoms with van der Waals surface area (Å²) in [5.41, 5.74) is 5.16. The number of hydrogen-bond donors (Lipinski definition) is 1. The van der Waals surface area contributed by atoms with Crippen molar-refractivity contribution in [2.75, 3.05) is 5.32 Å². The predicted molar refractivity (Wildman–Crippen MR) is 87.5 cm³/mol. The Hall–Kier alpha value is -2.35. The van der Waals surface area contributed by atoms with Crippen molar-refractivity contribution >= 4 is 16.6 Å². The van der Waals surface area contributed by atoms with E-state index in [1.54, 1.807) is 0 Å². The van der Waals surface area contributed by atoms with E-state index >= 15 is 0 Å². The molecular weight excluding hydrogens is 256 g/mol. The highest BCUT2D eigenvalue weighted by atomic mass is 14.9. The Morgan fingerprint density at radius 1 is 0.952 bits per heavy atom. The van der Waals surface area contributed by atoms with E-state index < -0.39 is 0 Å². The van der Waals surface area contributed by atoms with Crippen LogP contribution in [-0.2, 0) is 6.42 Å². The van der Waals surface area contributed by atoms with E-state index in [2.05, 4.69) is 58.8 Å². The Bertz CT molecular complexity index is 774. The monoisotopic (exact) mass is 274 g/mol. The lowest BCUT2D eigenvalue weighted by Crippen LogP contribution is -2.17. The van der Waals surface area contributed by atoms with Gasteiger partial charge in [-0.15, -0.1) is 0 Å². The van der Waals surface area contributed by atoms with Gasteiger partial charge in [-0.1, -0.05) is 42.5 Å². The molecule has 4 rings (SSSR count). The van der Waals surface area contributed by atoms with Crippen LogP contribution in [0.5, 0.6) is 0 Å². The van der Waals surface area contributed by atoms with Gasteiger partial charge in [-0.05, 0) is 42.5 Å². The molecule has 2 heteroatoms. The van der Waals surface area contributed by atoms with Gasteiger partial charge in [0, 0.05) is 17.3 Å². The maximum absolute atomic E-state index is 4.44. The van der Waals surface area contributed by atoms with E-state index in [9.17, 15) is 0 Å². The first-order chi connectivity index (χ1) is 10.4. The molecule has 1 aromatic heterocycles. The van der Waals surface area contributed by atoms with Gasteiger partial charge in [0.15, 0.2) is 0 Å². The zero-order valence-corrected chi connectivity index (χ0v) is 11.9. The van der Waals surface area contributed by atoms with Crippen LogP contribution < -0.4 is 5.32 Å². The minimum atomic E-state index is 0.403. The van der Waals surface area contributed by atoms with Crippen molar-refractivity contribution in [2.24, 2.45) is 0 Å². The molecule has 1 N–H and O–H groups in total. The molecule has 1 atom stereocenters. The van der Waals surface area contributed by atoms with E-state index in [-0.39, 0.29) is 0 Å². The lowest BCUT2D eigenvalue weighted by molar-refractivity contribution is 0.601. The molecular formula is C19H18N2. The second kappa shape index (κ2) is 5.21. The number of anilines is 1. The molecule has 0 fully saturated rings. The summed E-state index contributed by atoms with van der Waals surface area (Å²) in [4.78, 5) is 4.44. The fourth-order valence-corrected chi connectivity index (χ4v) is 3.31. The molecule has 0 saturated carbocycles. The van der Waals surface area contributed by atoms with E-state index in [1.165, 1.54) is 41.5 Å². The van der Waals surface area contributed by atoms with Crippen molar-refractivity contribution < 1.29 is 0 Å². The predicted octanol–water partition coefficient (Wildman–Crippen LogP) is 4.72. The fraction of sp³-hybridized carbons (Fsp3) is 0.211. The van der Waals surface area contributed by atoms with Crippen molar-refractivity contribution in [3.05, 3.63) is 71.9 Å². The molecule has 104 valence electrons. The second-order valence-electron chi connectivity index (χ2n) is 5.66. The molecule has 1 aliphatic carbocycles. The topological polar surface area (TPSA) is 24.9 Å². The van der Waals surface area contributed by atoms with Crippen molar-refractivity contribution in [2.45, 2.75) is 25.3 Å². The highest BCUT2D eigenvalue weighted by Gasteiger charge is 2.19. The number of aromatic nitrogens is 1. The van der Waals surface area contributed by atoms with Crippen molar-refractivity contribution in [1.82, 2.24) is 4.98 Å². The largest absolute Gasteiger partial charge is 0.378 e. The highest BCUT2D eigenvalue weighted by Crippen LogP contribution is 2.34. The second-order valence-corrected chi connectivity index (χ2v) is 5.66. The van der Waals surface area contributed by atoms with E-state index in [0.29, 0.717) is 6.04 Å². The van der Waals surface area contributed by atoms with Crippen molar-refractivity contribution in [3.8, 4) is 0 Å². The van der Waals surface area contributed by atoms with Crippen LogP contribution in [0.25, 0.3) is 10.9 Å². The number of hydrogen-bond acceptors (Lipinski definition) is 2. The quantitative estimate of drug-likeness (QED) is 0.731. The van der Waals surface area contributed by atoms with Crippen LogP contribution in [0.2, 0.25) is 0 Å². The normalized spacial score (nSPS) is 17.4. The fourth-order valence-electron chi connectivity index (χ4n) is 3.31. The summed E-state index contributed by atoms with van der Waals surface area (Å²) in [5, 5.41) is 4.94. The molecule has 1 heterocycles. The van der Waals surface area contributed by atoms with Crippen LogP contribution in [0.4, 0.5) is 5.69 Å². The average molecular weight is 274 g/mol. The Labute approximate surface area is 124 Å². The number of para-hydroxylation sites is 1. The number of fused-ring (bicyclic) bond motifs is 2. The maximum atomic E-state index is 4.44. The molecule has 0 amide bonds. The van der Waals surface area contributed by atoms with Crippen LogP contribution >= 0.6 is 0 Å². The SMILES string of the molecule is c1ccc2c(c1)CCCC2Nc1ccnc2ccccc12. The molecule has 0 bridgehead atoms. The summed E-state index contributed by atoms with van der Waals surface area (Å²) in [5.74, 6) is 0. The van der Waals surface area contributed by atoms with E-state index in [1.807, 2.05) is 12.3 Å². The van der Waals surface area contributed by atoms with E-state index in [4.69, 9.17) is 0 Å².